The first-order valence-electron chi connectivity index (χ1n) is 26.0. The van der Waals surface area contributed by atoms with Gasteiger partial charge in [0.1, 0.15) is 52.7 Å². The highest BCUT2D eigenvalue weighted by Gasteiger charge is 2.56. The monoisotopic (exact) mass is 953 g/mol. The lowest BCUT2D eigenvalue weighted by molar-refractivity contribution is -0.156. The second-order valence-corrected chi connectivity index (χ2v) is 21.2. The molecule has 15 nitrogen and oxygen atoms in total. The van der Waals surface area contributed by atoms with Crippen LogP contribution in [0.5, 0.6) is 0 Å². The normalized spacial score (nSPS) is 31.9. The maximum absolute atomic E-state index is 11.9. The zero-order chi connectivity index (χ0) is 49.4. The lowest BCUT2D eigenvalue weighted by Gasteiger charge is -2.26. The summed E-state index contributed by atoms with van der Waals surface area (Å²) in [5, 5.41) is 0. The number of ketones is 5. The molecule has 10 aliphatic carbocycles. The Morgan fingerprint density at radius 3 is 1.56 bits per heavy atom. The third-order valence-electron chi connectivity index (χ3n) is 16.5. The Balaban J connectivity index is 0.000000140. The Hall–Kier alpha value is -4.30. The summed E-state index contributed by atoms with van der Waals surface area (Å²) in [6, 6.07) is 0. The van der Waals surface area contributed by atoms with Crippen LogP contribution in [0.1, 0.15) is 169 Å². The van der Waals surface area contributed by atoms with E-state index in [9.17, 15) is 47.9 Å². The van der Waals surface area contributed by atoms with Crippen molar-refractivity contribution in [2.24, 2.45) is 69.5 Å². The third kappa shape index (κ3) is 13.1. The summed E-state index contributed by atoms with van der Waals surface area (Å²) in [5.74, 6) is -1.48. The van der Waals surface area contributed by atoms with Crippen molar-refractivity contribution in [3.8, 4) is 0 Å². The average molecular weight is 953 g/mol. The lowest BCUT2D eigenvalue weighted by Crippen LogP contribution is -2.36. The molecule has 0 aromatic rings. The van der Waals surface area contributed by atoms with Gasteiger partial charge in [-0.1, -0.05) is 6.42 Å². The molecule has 0 aliphatic heterocycles. The molecule has 10 rings (SSSR count). The predicted molar refractivity (Wildman–Crippen MR) is 244 cm³/mol. The number of carbonyl (C=O) groups excluding carboxylic acids is 10. The van der Waals surface area contributed by atoms with Gasteiger partial charge in [-0.3, -0.25) is 47.9 Å². The van der Waals surface area contributed by atoms with Gasteiger partial charge in [-0.05, 0) is 172 Å². The molecule has 10 fully saturated rings. The molecule has 0 saturated heterocycles. The summed E-state index contributed by atoms with van der Waals surface area (Å²) in [6.07, 6.45) is 19.4. The fourth-order valence-electron chi connectivity index (χ4n) is 11.7. The number of hydrogen-bond acceptors (Lipinski definition) is 15. The minimum atomic E-state index is -0.457. The SMILES string of the molecule is CCOC(=O)C1C(=O)C2CCC1C2.CCOC(=O)C1CC2(CCC1=O)CC2.CCOC(=O)C1CC2CC2CC1=O.CCOC(=O)C1CCC2(CC2)CC1=O.CCOC(=O)C1CCCC2(CC2)C1=O. The van der Waals surface area contributed by atoms with Gasteiger partial charge in [0.05, 0.1) is 33.0 Å². The van der Waals surface area contributed by atoms with Crippen LogP contribution in [-0.4, -0.2) is 91.8 Å². The minimum Gasteiger partial charge on any atom is -0.465 e. The second kappa shape index (κ2) is 23.1. The Morgan fingerprint density at radius 2 is 1.03 bits per heavy atom. The molecule has 378 valence electrons. The summed E-state index contributed by atoms with van der Waals surface area (Å²) in [4.78, 5) is 115. The molecular weight excluding hydrogens is 877 g/mol. The van der Waals surface area contributed by atoms with Crippen molar-refractivity contribution < 1.29 is 71.6 Å². The van der Waals surface area contributed by atoms with Crippen LogP contribution in [-0.2, 0) is 71.6 Å². The zero-order valence-corrected chi connectivity index (χ0v) is 41.2. The average Bonchev–Trinajstić information content (AvgIpc) is 4.23. The van der Waals surface area contributed by atoms with Gasteiger partial charge in [-0.15, -0.1) is 0 Å². The molecule has 0 aromatic heterocycles. The zero-order valence-electron chi connectivity index (χ0n) is 41.2. The molecule has 0 amide bonds. The Morgan fingerprint density at radius 1 is 0.471 bits per heavy atom. The van der Waals surface area contributed by atoms with Gasteiger partial charge in [0.25, 0.3) is 0 Å². The predicted octanol–water partition coefficient (Wildman–Crippen LogP) is 7.43. The molecule has 0 N–H and O–H groups in total. The lowest BCUT2D eigenvalue weighted by atomic mass is 9.78. The molecule has 2 bridgehead atoms. The number of esters is 5. The molecule has 0 radical (unpaired) electrons. The van der Waals surface area contributed by atoms with E-state index in [1.54, 1.807) is 34.6 Å². The van der Waals surface area contributed by atoms with Crippen LogP contribution in [0.3, 0.4) is 0 Å². The van der Waals surface area contributed by atoms with Crippen molar-refractivity contribution in [2.45, 2.75) is 169 Å². The number of rotatable bonds is 10. The van der Waals surface area contributed by atoms with Crippen molar-refractivity contribution >= 4 is 58.8 Å². The standard InChI is InChI=1S/3C11H16O3.2C10H14O3/c1-2-14-10(13)8-7-11(5-6-11)4-3-9(8)12;1-2-14-10(13)8-3-4-11(5-6-11)7-9(8)12;1-2-14-10(13)8-4-3-5-11(6-7-11)9(8)12;1-2-13-10(12)8-4-6-3-7(6)5-9(8)11;1-2-13-10(12)8-6-3-4-7(5-6)9(8)11/h3*8H,2-7H2,1H3;2*6-8H,2-5H2,1H3. The highest BCUT2D eigenvalue weighted by atomic mass is 16.5. The van der Waals surface area contributed by atoms with Gasteiger partial charge in [-0.2, -0.15) is 0 Å². The summed E-state index contributed by atoms with van der Waals surface area (Å²) in [5.41, 5.74) is 0.543. The van der Waals surface area contributed by atoms with Crippen LogP contribution in [0.2, 0.25) is 0 Å². The minimum absolute atomic E-state index is 0.0842. The van der Waals surface area contributed by atoms with Gasteiger partial charge in [-0.25, -0.2) is 0 Å². The highest BCUT2D eigenvalue weighted by Crippen LogP contribution is 2.58. The summed E-state index contributed by atoms with van der Waals surface area (Å²) in [7, 11) is 0. The van der Waals surface area contributed by atoms with Crippen molar-refractivity contribution in [1.82, 2.24) is 0 Å². The van der Waals surface area contributed by atoms with E-state index in [-0.39, 0.29) is 76.0 Å². The molecule has 15 heteroatoms. The molecule has 0 heterocycles. The van der Waals surface area contributed by atoms with E-state index in [4.69, 9.17) is 23.7 Å². The molecule has 3 spiro atoms. The molecular formula is C53H76O15. The number of ether oxygens (including phenoxy) is 5. The smallest absolute Gasteiger partial charge is 0.316 e. The second-order valence-electron chi connectivity index (χ2n) is 21.2. The quantitative estimate of drug-likeness (QED) is 0.118. The van der Waals surface area contributed by atoms with Crippen LogP contribution in [0.15, 0.2) is 0 Å². The van der Waals surface area contributed by atoms with E-state index in [0.29, 0.717) is 87.8 Å². The van der Waals surface area contributed by atoms with Crippen LogP contribution < -0.4 is 0 Å². The first kappa shape index (κ1) is 53.1. The number of Topliss-reactive ketones (excluding diaryl/α,β-unsaturated/α-hetero) is 5. The fourth-order valence-corrected chi connectivity index (χ4v) is 11.7. The third-order valence-corrected chi connectivity index (χ3v) is 16.5. The van der Waals surface area contributed by atoms with Crippen molar-refractivity contribution in [2.75, 3.05) is 33.0 Å². The topological polar surface area (TPSA) is 217 Å². The van der Waals surface area contributed by atoms with Crippen LogP contribution in [0.25, 0.3) is 0 Å². The van der Waals surface area contributed by atoms with Gasteiger partial charge in [0.2, 0.25) is 0 Å². The van der Waals surface area contributed by atoms with Crippen molar-refractivity contribution in [1.29, 1.82) is 0 Å². The van der Waals surface area contributed by atoms with E-state index in [2.05, 4.69) is 0 Å². The molecule has 68 heavy (non-hydrogen) atoms. The van der Waals surface area contributed by atoms with E-state index >= 15 is 0 Å². The van der Waals surface area contributed by atoms with Crippen molar-refractivity contribution in [3.05, 3.63) is 0 Å². The summed E-state index contributed by atoms with van der Waals surface area (Å²) in [6.45, 7) is 10.7. The number of hydrogen-bond donors (Lipinski definition) is 0. The molecule has 0 aromatic carbocycles. The van der Waals surface area contributed by atoms with Gasteiger partial charge in [0, 0.05) is 30.6 Å². The molecule has 10 aliphatic rings. The van der Waals surface area contributed by atoms with Gasteiger partial charge < -0.3 is 23.7 Å². The first-order valence-corrected chi connectivity index (χ1v) is 26.0. The Kier molecular flexibility index (Phi) is 18.0. The van der Waals surface area contributed by atoms with E-state index < -0.39 is 29.6 Å². The largest absolute Gasteiger partial charge is 0.465 e. The molecule has 10 saturated carbocycles. The maximum atomic E-state index is 11.9. The molecule has 9 unspecified atom stereocenters. The van der Waals surface area contributed by atoms with Crippen LogP contribution in [0.4, 0.5) is 0 Å². The van der Waals surface area contributed by atoms with Gasteiger partial charge >= 0.3 is 29.8 Å². The molecule has 9 atom stereocenters. The van der Waals surface area contributed by atoms with Crippen molar-refractivity contribution in [3.63, 3.8) is 0 Å². The number of carbonyl (C=O) groups is 10. The highest BCUT2D eigenvalue weighted by molar-refractivity contribution is 6.04. The maximum Gasteiger partial charge on any atom is 0.316 e. The summed E-state index contributed by atoms with van der Waals surface area (Å²) < 4.78 is 24.5. The van der Waals surface area contributed by atoms with E-state index in [1.807, 2.05) is 0 Å². The summed E-state index contributed by atoms with van der Waals surface area (Å²) >= 11 is 0. The van der Waals surface area contributed by atoms with E-state index in [1.165, 1.54) is 25.7 Å². The number of fused-ring (bicyclic) bond motifs is 3. The Bertz CT molecular complexity index is 1910. The Labute approximate surface area is 401 Å². The first-order chi connectivity index (χ1) is 32.5. The van der Waals surface area contributed by atoms with Crippen LogP contribution in [0, 0.1) is 69.5 Å². The van der Waals surface area contributed by atoms with Gasteiger partial charge in [0.15, 0.2) is 5.78 Å². The fraction of sp³-hybridized carbons (Fsp3) is 0.811. The van der Waals surface area contributed by atoms with Crippen LogP contribution >= 0.6 is 0 Å². The van der Waals surface area contributed by atoms with E-state index in [0.717, 1.165) is 77.0 Å².